The molecule has 0 saturated heterocycles. The molecule has 0 spiro atoms. The third kappa shape index (κ3) is 9.02. The number of sulfonamides is 1. The van der Waals surface area contributed by atoms with Crippen LogP contribution >= 0.6 is 23.2 Å². The molecule has 11 heteroatoms. The molecule has 1 atom stereocenters. The van der Waals surface area contributed by atoms with E-state index >= 15 is 0 Å². The number of ether oxygens (including phenoxy) is 1. The van der Waals surface area contributed by atoms with Crippen LogP contribution in [-0.4, -0.2) is 51.4 Å². The van der Waals surface area contributed by atoms with E-state index in [0.29, 0.717) is 17.1 Å². The fourth-order valence-corrected chi connectivity index (χ4v) is 6.58. The molecule has 0 heterocycles. The van der Waals surface area contributed by atoms with Crippen LogP contribution < -0.4 is 14.4 Å². The second kappa shape index (κ2) is 16.0. The van der Waals surface area contributed by atoms with Crippen LogP contribution in [-0.2, 0) is 32.6 Å². The maximum absolute atomic E-state index is 14.6. The maximum Gasteiger partial charge on any atom is 0.264 e. The molecule has 0 aromatic heterocycles. The lowest BCUT2D eigenvalue weighted by molar-refractivity contribution is -0.140. The molecule has 0 saturated carbocycles. The van der Waals surface area contributed by atoms with E-state index in [1.807, 2.05) is 44.2 Å². The van der Waals surface area contributed by atoms with Crippen molar-refractivity contribution < 1.29 is 22.7 Å². The molecule has 0 aliphatic rings. The highest BCUT2D eigenvalue weighted by Crippen LogP contribution is 2.35. The molecule has 2 amide bonds. The van der Waals surface area contributed by atoms with Gasteiger partial charge in [-0.25, -0.2) is 8.42 Å². The number of nitrogens with zero attached hydrogens (tertiary/aromatic N) is 2. The van der Waals surface area contributed by atoms with Crippen molar-refractivity contribution in [2.45, 2.75) is 37.8 Å². The zero-order chi connectivity index (χ0) is 33.3. The first-order valence-electron chi connectivity index (χ1n) is 14.8. The minimum atomic E-state index is -4.31. The van der Waals surface area contributed by atoms with Crippen molar-refractivity contribution in [1.82, 2.24) is 10.2 Å². The largest absolute Gasteiger partial charge is 0.495 e. The highest BCUT2D eigenvalue weighted by Gasteiger charge is 2.35. The lowest BCUT2D eigenvalue weighted by atomic mass is 10.0. The van der Waals surface area contributed by atoms with E-state index in [9.17, 15) is 18.0 Å². The highest BCUT2D eigenvalue weighted by molar-refractivity contribution is 7.92. The van der Waals surface area contributed by atoms with Crippen LogP contribution in [0.3, 0.4) is 0 Å². The molecule has 0 aliphatic carbocycles. The minimum Gasteiger partial charge on any atom is -0.495 e. The first-order valence-corrected chi connectivity index (χ1v) is 17.0. The summed E-state index contributed by atoms with van der Waals surface area (Å²) < 4.78 is 34.9. The lowest BCUT2D eigenvalue weighted by Gasteiger charge is -2.34. The number of carbonyl (C=O) groups excluding carboxylic acids is 2. The van der Waals surface area contributed by atoms with Gasteiger partial charge in [-0.15, -0.1) is 0 Å². The topological polar surface area (TPSA) is 96.0 Å². The highest BCUT2D eigenvalue weighted by atomic mass is 35.5. The smallest absolute Gasteiger partial charge is 0.264 e. The predicted molar refractivity (Wildman–Crippen MR) is 183 cm³/mol. The van der Waals surface area contributed by atoms with Crippen molar-refractivity contribution in [2.75, 3.05) is 24.5 Å². The second-order valence-corrected chi connectivity index (χ2v) is 13.9. The molecule has 46 heavy (non-hydrogen) atoms. The number of carbonyl (C=O) groups is 2. The summed E-state index contributed by atoms with van der Waals surface area (Å²) in [6.45, 7) is 3.75. The van der Waals surface area contributed by atoms with Crippen molar-refractivity contribution in [3.05, 3.63) is 124 Å². The van der Waals surface area contributed by atoms with Crippen LogP contribution in [0.25, 0.3) is 0 Å². The van der Waals surface area contributed by atoms with Gasteiger partial charge in [-0.2, -0.15) is 0 Å². The van der Waals surface area contributed by atoms with E-state index in [2.05, 4.69) is 5.32 Å². The van der Waals surface area contributed by atoms with Crippen molar-refractivity contribution in [3.63, 3.8) is 0 Å². The Hall–Kier alpha value is -4.05. The van der Waals surface area contributed by atoms with E-state index in [4.69, 9.17) is 27.9 Å². The Morgan fingerprint density at radius 1 is 0.826 bits per heavy atom. The molecule has 4 aromatic carbocycles. The molecule has 0 bridgehead atoms. The van der Waals surface area contributed by atoms with Gasteiger partial charge in [0.2, 0.25) is 11.8 Å². The van der Waals surface area contributed by atoms with E-state index < -0.39 is 28.5 Å². The Bertz CT molecular complexity index is 1720. The average Bonchev–Trinajstić information content (AvgIpc) is 3.05. The Balaban J connectivity index is 1.83. The van der Waals surface area contributed by atoms with E-state index in [1.54, 1.807) is 54.6 Å². The monoisotopic (exact) mass is 681 g/mol. The average molecular weight is 683 g/mol. The number of hydrogen-bond acceptors (Lipinski definition) is 5. The molecule has 0 unspecified atom stereocenters. The second-order valence-electron chi connectivity index (χ2n) is 11.1. The first kappa shape index (κ1) is 34.8. The summed E-state index contributed by atoms with van der Waals surface area (Å²) >= 11 is 12.5. The third-order valence-electron chi connectivity index (χ3n) is 7.24. The molecular weight excluding hydrogens is 645 g/mol. The van der Waals surface area contributed by atoms with Gasteiger partial charge in [0, 0.05) is 29.6 Å². The van der Waals surface area contributed by atoms with Gasteiger partial charge in [0.05, 0.1) is 17.7 Å². The normalized spacial score (nSPS) is 12.0. The van der Waals surface area contributed by atoms with Crippen molar-refractivity contribution in [1.29, 1.82) is 0 Å². The van der Waals surface area contributed by atoms with Crippen LogP contribution in [0.4, 0.5) is 5.69 Å². The molecule has 0 aliphatic heterocycles. The summed E-state index contributed by atoms with van der Waals surface area (Å²) in [7, 11) is -2.90. The first-order chi connectivity index (χ1) is 22.0. The fourth-order valence-electron chi connectivity index (χ4n) is 4.85. The number of anilines is 1. The molecule has 4 rings (SSSR count). The minimum absolute atomic E-state index is 0.0223. The number of amides is 2. The summed E-state index contributed by atoms with van der Waals surface area (Å²) in [5.74, 6) is -0.574. The molecule has 1 N–H and O–H groups in total. The van der Waals surface area contributed by atoms with Gasteiger partial charge in [0.25, 0.3) is 10.0 Å². The lowest BCUT2D eigenvalue weighted by Crippen LogP contribution is -2.53. The van der Waals surface area contributed by atoms with E-state index in [-0.39, 0.29) is 46.1 Å². The van der Waals surface area contributed by atoms with Gasteiger partial charge in [0.15, 0.2) is 0 Å². The molecule has 8 nitrogen and oxygen atoms in total. The fraction of sp³-hybridized carbons (Fsp3) is 0.257. The van der Waals surface area contributed by atoms with Gasteiger partial charge in [0.1, 0.15) is 18.3 Å². The number of methoxy groups -OCH3 is 1. The quantitative estimate of drug-likeness (QED) is 0.162. The number of hydrogen-bond donors (Lipinski definition) is 1. The van der Waals surface area contributed by atoms with Crippen LogP contribution in [0.1, 0.15) is 25.0 Å². The van der Waals surface area contributed by atoms with Crippen LogP contribution in [0, 0.1) is 5.92 Å². The van der Waals surface area contributed by atoms with Gasteiger partial charge in [-0.3, -0.25) is 13.9 Å². The van der Waals surface area contributed by atoms with E-state index in [0.717, 1.165) is 9.87 Å². The van der Waals surface area contributed by atoms with Gasteiger partial charge in [-0.05, 0) is 59.5 Å². The van der Waals surface area contributed by atoms with Crippen molar-refractivity contribution >= 4 is 50.7 Å². The molecule has 0 radical (unpaired) electrons. The summed E-state index contributed by atoms with van der Waals surface area (Å²) in [6, 6.07) is 27.7. The van der Waals surface area contributed by atoms with E-state index in [1.165, 1.54) is 30.2 Å². The molecule has 0 fully saturated rings. The number of nitrogens with one attached hydrogen (secondary N) is 1. The molecule has 242 valence electrons. The zero-order valence-corrected chi connectivity index (χ0v) is 28.2. The van der Waals surface area contributed by atoms with Crippen LogP contribution in [0.5, 0.6) is 5.75 Å². The molecular formula is C35H37Cl2N3O5S. The van der Waals surface area contributed by atoms with Gasteiger partial charge < -0.3 is 15.0 Å². The number of benzene rings is 4. The standard InChI is InChI=1S/C35H37Cl2N3O5S/c1-25(2)22-38-35(42)32(20-26-10-6-4-7-11-26)39(23-27-14-16-28(36)17-15-27)34(41)24-40(31-21-29(37)18-19-33(31)45-3)46(43,44)30-12-8-5-9-13-30/h4-19,21,25,32H,20,22-24H2,1-3H3,(H,38,42)/t32-/m0/s1. The Morgan fingerprint density at radius 3 is 2.04 bits per heavy atom. The van der Waals surface area contributed by atoms with Gasteiger partial charge >= 0.3 is 0 Å². The van der Waals surface area contributed by atoms with Crippen LogP contribution in [0.2, 0.25) is 10.0 Å². The summed E-state index contributed by atoms with van der Waals surface area (Å²) in [5, 5.41) is 3.75. The summed E-state index contributed by atoms with van der Waals surface area (Å²) in [5.41, 5.74) is 1.64. The molecule has 4 aromatic rings. The Morgan fingerprint density at radius 2 is 1.43 bits per heavy atom. The summed E-state index contributed by atoms with van der Waals surface area (Å²) in [4.78, 5) is 29.8. The Kier molecular flexibility index (Phi) is 12.1. The van der Waals surface area contributed by atoms with Crippen molar-refractivity contribution in [3.8, 4) is 5.75 Å². The Labute approximate surface area is 280 Å². The zero-order valence-electron chi connectivity index (χ0n) is 25.9. The summed E-state index contributed by atoms with van der Waals surface area (Å²) in [6.07, 6.45) is 0.204. The van der Waals surface area contributed by atoms with Crippen molar-refractivity contribution in [2.24, 2.45) is 5.92 Å². The maximum atomic E-state index is 14.6. The number of rotatable bonds is 14. The predicted octanol–water partition coefficient (Wildman–Crippen LogP) is 6.61. The number of halogens is 2. The SMILES string of the molecule is COc1ccc(Cl)cc1N(CC(=O)N(Cc1ccc(Cl)cc1)[C@@H](Cc1ccccc1)C(=O)NCC(C)C)S(=O)(=O)c1ccccc1. The van der Waals surface area contributed by atoms with Gasteiger partial charge in [-0.1, -0.05) is 97.7 Å². The van der Waals surface area contributed by atoms with Crippen LogP contribution in [0.15, 0.2) is 108 Å². The third-order valence-corrected chi connectivity index (χ3v) is 9.50.